The van der Waals surface area contributed by atoms with Gasteiger partial charge in [0.2, 0.25) is 5.91 Å². The number of hydrogen-bond donors (Lipinski definition) is 2. The van der Waals surface area contributed by atoms with E-state index in [1.54, 1.807) is 12.1 Å². The van der Waals surface area contributed by atoms with Gasteiger partial charge in [0.05, 0.1) is 11.8 Å². The maximum absolute atomic E-state index is 12.6. The van der Waals surface area contributed by atoms with Crippen molar-refractivity contribution < 1.29 is 22.4 Å². The third-order valence-corrected chi connectivity index (χ3v) is 3.52. The van der Waals surface area contributed by atoms with Gasteiger partial charge in [-0.1, -0.05) is 0 Å². The molecule has 8 heteroatoms. The van der Waals surface area contributed by atoms with Crippen molar-refractivity contribution in [3.8, 4) is 0 Å². The Morgan fingerprint density at radius 3 is 2.82 bits per heavy atom. The Kier molecular flexibility index (Phi) is 3.31. The third-order valence-electron chi connectivity index (χ3n) is 3.52. The number of carbonyl (C=O) groups is 1. The van der Waals surface area contributed by atoms with Crippen molar-refractivity contribution in [2.75, 3.05) is 5.32 Å². The van der Waals surface area contributed by atoms with Gasteiger partial charge in [-0.05, 0) is 24.6 Å². The summed E-state index contributed by atoms with van der Waals surface area (Å²) in [4.78, 5) is 25.5. The van der Waals surface area contributed by atoms with Gasteiger partial charge in [-0.2, -0.15) is 13.2 Å². The number of pyridine rings is 1. The molecule has 3 rings (SSSR count). The molecule has 2 atom stereocenters. The van der Waals surface area contributed by atoms with E-state index >= 15 is 0 Å². The standard InChI is InChI=1S/C14H11F3N2O3/c15-14(16,17)7-4-10(13(21)18-6-7)19-12(20)9-5-8(9)11-2-1-3-22-11/h1-4,6,8-9H,5H2,(H,18,21)(H,19,20)/t8-,9+/m0/s1. The number of H-pyrrole nitrogens is 1. The number of alkyl halides is 3. The number of nitrogens with one attached hydrogen (secondary N) is 2. The van der Waals surface area contributed by atoms with E-state index in [9.17, 15) is 22.8 Å². The summed E-state index contributed by atoms with van der Waals surface area (Å²) in [7, 11) is 0. The van der Waals surface area contributed by atoms with Crippen LogP contribution in [0.4, 0.5) is 18.9 Å². The molecule has 0 aromatic carbocycles. The van der Waals surface area contributed by atoms with Gasteiger partial charge in [-0.25, -0.2) is 0 Å². The van der Waals surface area contributed by atoms with Crippen LogP contribution in [0.3, 0.4) is 0 Å². The lowest BCUT2D eigenvalue weighted by Gasteiger charge is -2.09. The number of aromatic amines is 1. The molecule has 0 saturated heterocycles. The highest BCUT2D eigenvalue weighted by atomic mass is 19.4. The zero-order valence-electron chi connectivity index (χ0n) is 11.1. The summed E-state index contributed by atoms with van der Waals surface area (Å²) in [6.07, 6.45) is -2.00. The fourth-order valence-corrected chi connectivity index (χ4v) is 2.27. The van der Waals surface area contributed by atoms with Crippen molar-refractivity contribution in [2.45, 2.75) is 18.5 Å². The molecular formula is C14H11F3N2O3. The first kappa shape index (κ1) is 14.4. The summed E-state index contributed by atoms with van der Waals surface area (Å²) >= 11 is 0. The molecule has 0 unspecified atom stereocenters. The monoisotopic (exact) mass is 312 g/mol. The predicted octanol–water partition coefficient (Wildman–Crippen LogP) is 2.73. The van der Waals surface area contributed by atoms with Gasteiger partial charge in [0.25, 0.3) is 5.56 Å². The molecule has 2 aromatic rings. The number of anilines is 1. The van der Waals surface area contributed by atoms with Crippen molar-refractivity contribution in [1.82, 2.24) is 4.98 Å². The molecule has 0 radical (unpaired) electrons. The van der Waals surface area contributed by atoms with Crippen molar-refractivity contribution in [2.24, 2.45) is 5.92 Å². The molecule has 5 nitrogen and oxygen atoms in total. The summed E-state index contributed by atoms with van der Waals surface area (Å²) in [5.74, 6) is -0.343. The maximum Gasteiger partial charge on any atom is 0.417 e. The minimum absolute atomic E-state index is 0.0973. The first-order chi connectivity index (χ1) is 10.4. The molecule has 0 spiro atoms. The van der Waals surface area contributed by atoms with E-state index in [0.717, 1.165) is 0 Å². The fourth-order valence-electron chi connectivity index (χ4n) is 2.27. The minimum Gasteiger partial charge on any atom is -0.469 e. The van der Waals surface area contributed by atoms with Gasteiger partial charge in [0.1, 0.15) is 11.4 Å². The first-order valence-corrected chi connectivity index (χ1v) is 6.50. The van der Waals surface area contributed by atoms with Gasteiger partial charge < -0.3 is 14.7 Å². The summed E-state index contributed by atoms with van der Waals surface area (Å²) < 4.78 is 43.0. The molecule has 2 N–H and O–H groups in total. The Balaban J connectivity index is 1.74. The first-order valence-electron chi connectivity index (χ1n) is 6.50. The molecule has 0 aliphatic heterocycles. The van der Waals surface area contributed by atoms with E-state index in [2.05, 4.69) is 5.32 Å². The van der Waals surface area contributed by atoms with Crippen LogP contribution in [0.25, 0.3) is 0 Å². The predicted molar refractivity (Wildman–Crippen MR) is 70.3 cm³/mol. The van der Waals surface area contributed by atoms with Crippen molar-refractivity contribution >= 4 is 11.6 Å². The van der Waals surface area contributed by atoms with Crippen LogP contribution in [0, 0.1) is 5.92 Å². The Hall–Kier alpha value is -2.51. The van der Waals surface area contributed by atoms with Crippen molar-refractivity contribution in [3.05, 3.63) is 52.3 Å². The van der Waals surface area contributed by atoms with Gasteiger partial charge >= 0.3 is 6.18 Å². The maximum atomic E-state index is 12.6. The molecule has 1 fully saturated rings. The average molecular weight is 312 g/mol. The van der Waals surface area contributed by atoms with Crippen molar-refractivity contribution in [3.63, 3.8) is 0 Å². The number of hydrogen-bond acceptors (Lipinski definition) is 3. The molecule has 2 aromatic heterocycles. The second-order valence-electron chi connectivity index (χ2n) is 5.08. The molecule has 1 aliphatic carbocycles. The lowest BCUT2D eigenvalue weighted by Crippen LogP contribution is -2.22. The zero-order valence-corrected chi connectivity index (χ0v) is 11.1. The lowest BCUT2D eigenvalue weighted by atomic mass is 10.2. The Labute approximate surface area is 122 Å². The molecule has 1 saturated carbocycles. The Morgan fingerprint density at radius 2 is 2.18 bits per heavy atom. The molecule has 2 heterocycles. The summed E-state index contributed by atoms with van der Waals surface area (Å²) in [6.45, 7) is 0. The second-order valence-corrected chi connectivity index (χ2v) is 5.08. The lowest BCUT2D eigenvalue weighted by molar-refractivity contribution is -0.137. The van der Waals surface area contributed by atoms with Crippen LogP contribution in [0.15, 0.2) is 39.9 Å². The van der Waals surface area contributed by atoms with Crippen LogP contribution < -0.4 is 10.9 Å². The summed E-state index contributed by atoms with van der Waals surface area (Å²) in [5.41, 5.74) is -2.22. The van der Waals surface area contributed by atoms with E-state index in [-0.39, 0.29) is 5.92 Å². The molecule has 116 valence electrons. The smallest absolute Gasteiger partial charge is 0.417 e. The summed E-state index contributed by atoms with van der Waals surface area (Å²) in [5, 5.41) is 2.25. The van der Waals surface area contributed by atoms with Gasteiger partial charge in [-0.15, -0.1) is 0 Å². The highest BCUT2D eigenvalue weighted by Gasteiger charge is 2.46. The number of furan rings is 1. The fraction of sp³-hybridized carbons (Fsp3) is 0.286. The van der Waals surface area contributed by atoms with E-state index in [1.807, 2.05) is 4.98 Å². The number of aromatic nitrogens is 1. The largest absolute Gasteiger partial charge is 0.469 e. The second kappa shape index (κ2) is 5.04. The normalized spacial score (nSPS) is 20.7. The van der Waals surface area contributed by atoms with Gasteiger partial charge in [0, 0.05) is 18.0 Å². The minimum atomic E-state index is -4.60. The molecule has 0 bridgehead atoms. The molecule has 1 aliphatic rings. The Bertz CT molecular complexity index is 749. The van der Waals surface area contributed by atoms with E-state index in [0.29, 0.717) is 24.4 Å². The quantitative estimate of drug-likeness (QED) is 0.915. The molecular weight excluding hydrogens is 301 g/mol. The highest BCUT2D eigenvalue weighted by Crippen LogP contribution is 2.48. The topological polar surface area (TPSA) is 75.1 Å². The van der Waals surface area contributed by atoms with Crippen LogP contribution in [-0.2, 0) is 11.0 Å². The van der Waals surface area contributed by atoms with Gasteiger partial charge in [0.15, 0.2) is 0 Å². The number of halogens is 3. The summed E-state index contributed by atoms with van der Waals surface area (Å²) in [6, 6.07) is 4.05. The van der Waals surface area contributed by atoms with Gasteiger partial charge in [-0.3, -0.25) is 9.59 Å². The van der Waals surface area contributed by atoms with Crippen molar-refractivity contribution in [1.29, 1.82) is 0 Å². The number of amides is 1. The average Bonchev–Trinajstić information content (AvgIpc) is 3.06. The van der Waals surface area contributed by atoms with E-state index in [4.69, 9.17) is 4.42 Å². The number of carbonyl (C=O) groups excluding carboxylic acids is 1. The third kappa shape index (κ3) is 2.76. The number of rotatable bonds is 3. The van der Waals surface area contributed by atoms with E-state index < -0.39 is 34.8 Å². The molecule has 1 amide bonds. The highest BCUT2D eigenvalue weighted by molar-refractivity contribution is 5.95. The van der Waals surface area contributed by atoms with Crippen LogP contribution in [-0.4, -0.2) is 10.9 Å². The zero-order chi connectivity index (χ0) is 15.9. The van der Waals surface area contributed by atoms with Crippen LogP contribution in [0.5, 0.6) is 0 Å². The van der Waals surface area contributed by atoms with Crippen LogP contribution in [0.1, 0.15) is 23.7 Å². The van der Waals surface area contributed by atoms with Crippen LogP contribution >= 0.6 is 0 Å². The Morgan fingerprint density at radius 1 is 1.41 bits per heavy atom. The molecule has 22 heavy (non-hydrogen) atoms. The SMILES string of the molecule is O=C(Nc1cc(C(F)(F)F)c[nH]c1=O)[C@@H]1C[C@@H]1c1ccco1. The van der Waals surface area contributed by atoms with E-state index in [1.165, 1.54) is 6.26 Å². The van der Waals surface area contributed by atoms with Crippen LogP contribution in [0.2, 0.25) is 0 Å².